The average Bonchev–Trinajstić information content (AvgIpc) is 3.22. The number of nitrogens with zero attached hydrogens (tertiary/aromatic N) is 6. The van der Waals surface area contributed by atoms with E-state index in [0.29, 0.717) is 0 Å². The highest BCUT2D eigenvalue weighted by atomic mass is 14.9. The van der Waals surface area contributed by atoms with Gasteiger partial charge in [0.2, 0.25) is 0 Å². The number of benzene rings is 3. The summed E-state index contributed by atoms with van der Waals surface area (Å²) in [5.74, 6) is 0. The summed E-state index contributed by atoms with van der Waals surface area (Å²) in [5, 5.41) is 0. The molecular formula is C48H42N6+4. The van der Waals surface area contributed by atoms with Crippen LogP contribution in [0.4, 0.5) is 0 Å². The monoisotopic (exact) mass is 702 g/mol. The average molecular weight is 703 g/mol. The Hall–Kier alpha value is -6.66. The molecule has 0 radical (unpaired) electrons. The largest absolute Gasteiger partial charge is 0.245 e. The fourth-order valence-electron chi connectivity index (χ4n) is 7.19. The van der Waals surface area contributed by atoms with Gasteiger partial charge >= 0.3 is 0 Å². The van der Waals surface area contributed by atoms with Crippen LogP contribution in [-0.2, 0) is 26.2 Å². The maximum atomic E-state index is 5.07. The van der Waals surface area contributed by atoms with E-state index in [1.807, 2.05) is 0 Å². The van der Waals surface area contributed by atoms with Crippen LogP contribution in [0.25, 0.3) is 44.3 Å². The molecule has 0 unspecified atom stereocenters. The highest BCUT2D eigenvalue weighted by molar-refractivity contribution is 5.86. The molecule has 260 valence electrons. The molecule has 54 heavy (non-hydrogen) atoms. The van der Waals surface area contributed by atoms with Gasteiger partial charge in [-0.3, -0.25) is 0 Å². The summed E-state index contributed by atoms with van der Waals surface area (Å²) >= 11 is 0. The fourth-order valence-corrected chi connectivity index (χ4v) is 7.19. The van der Waals surface area contributed by atoms with Gasteiger partial charge in [-0.25, -0.2) is 28.2 Å². The SMILES string of the molecule is C1=CC(C[n+]2ccc(-c3cc[n+](Cc4ccc5nc6ccc(C[n+]7ccc(-c8cc[n+](Cc9ccccc9)cc8)cc7)cc6nc5c4)cc3)cc2)=CCC1. The molecule has 1 aliphatic carbocycles. The second-order valence-electron chi connectivity index (χ2n) is 14.2. The summed E-state index contributed by atoms with van der Waals surface area (Å²) in [6.07, 6.45) is 26.4. The van der Waals surface area contributed by atoms with Crippen LogP contribution < -0.4 is 18.3 Å². The van der Waals surface area contributed by atoms with Crippen molar-refractivity contribution in [1.29, 1.82) is 0 Å². The van der Waals surface area contributed by atoms with Crippen LogP contribution in [0, 0.1) is 0 Å². The van der Waals surface area contributed by atoms with Gasteiger partial charge in [0.25, 0.3) is 0 Å². The van der Waals surface area contributed by atoms with Crippen LogP contribution in [-0.4, -0.2) is 9.97 Å². The van der Waals surface area contributed by atoms with Crippen molar-refractivity contribution >= 4 is 22.1 Å². The highest BCUT2D eigenvalue weighted by Crippen LogP contribution is 2.21. The molecule has 6 heteroatoms. The van der Waals surface area contributed by atoms with Crippen molar-refractivity contribution in [2.75, 3.05) is 0 Å². The van der Waals surface area contributed by atoms with E-state index in [-0.39, 0.29) is 0 Å². The van der Waals surface area contributed by atoms with Gasteiger partial charge in [-0.1, -0.05) is 60.7 Å². The Labute approximate surface area is 316 Å². The second kappa shape index (κ2) is 15.1. The number of hydrogen-bond acceptors (Lipinski definition) is 2. The Bertz CT molecular complexity index is 2610. The zero-order valence-electron chi connectivity index (χ0n) is 30.2. The smallest absolute Gasteiger partial charge is 0.173 e. The van der Waals surface area contributed by atoms with Crippen LogP contribution in [0.15, 0.2) is 189 Å². The van der Waals surface area contributed by atoms with E-state index in [2.05, 4.69) is 201 Å². The maximum Gasteiger partial charge on any atom is 0.173 e. The Balaban J connectivity index is 0.852. The summed E-state index contributed by atoms with van der Waals surface area (Å²) in [6.45, 7) is 3.30. The summed E-state index contributed by atoms with van der Waals surface area (Å²) in [5.41, 5.74) is 13.5. The second-order valence-corrected chi connectivity index (χ2v) is 14.2. The van der Waals surface area contributed by atoms with Gasteiger partial charge < -0.3 is 0 Å². The molecule has 5 heterocycles. The molecule has 0 amide bonds. The minimum absolute atomic E-state index is 0.757. The van der Waals surface area contributed by atoms with Gasteiger partial charge in [0.05, 0.1) is 22.1 Å². The number of aromatic nitrogens is 6. The molecule has 0 fully saturated rings. The van der Waals surface area contributed by atoms with Gasteiger partial charge in [-0.2, -0.15) is 0 Å². The van der Waals surface area contributed by atoms with Crippen molar-refractivity contribution in [2.24, 2.45) is 0 Å². The van der Waals surface area contributed by atoms with E-state index in [4.69, 9.17) is 9.97 Å². The molecule has 0 atom stereocenters. The van der Waals surface area contributed by atoms with E-state index in [9.17, 15) is 0 Å². The zero-order valence-corrected chi connectivity index (χ0v) is 30.2. The molecule has 0 spiro atoms. The third-order valence-electron chi connectivity index (χ3n) is 10.2. The van der Waals surface area contributed by atoms with Gasteiger partial charge in [-0.05, 0) is 59.4 Å². The Kier molecular flexibility index (Phi) is 9.30. The maximum absolute atomic E-state index is 5.07. The van der Waals surface area contributed by atoms with Crippen molar-refractivity contribution in [3.05, 3.63) is 205 Å². The summed E-state index contributed by atoms with van der Waals surface area (Å²) in [7, 11) is 0. The van der Waals surface area contributed by atoms with E-state index >= 15 is 0 Å². The first-order valence-electron chi connectivity index (χ1n) is 18.7. The minimum Gasteiger partial charge on any atom is -0.245 e. The number of pyridine rings is 4. The van der Waals surface area contributed by atoms with Crippen LogP contribution in [0.5, 0.6) is 0 Å². The van der Waals surface area contributed by atoms with Crippen molar-refractivity contribution in [3.8, 4) is 22.3 Å². The number of allylic oxidation sites excluding steroid dienone is 4. The molecule has 9 rings (SSSR count). The van der Waals surface area contributed by atoms with E-state index in [1.54, 1.807) is 0 Å². The number of rotatable bonds is 10. The molecule has 5 aromatic heterocycles. The van der Waals surface area contributed by atoms with Crippen LogP contribution in [0.1, 0.15) is 29.5 Å². The van der Waals surface area contributed by atoms with Gasteiger partial charge in [0.1, 0.15) is 0 Å². The molecule has 0 bridgehead atoms. The van der Waals surface area contributed by atoms with Gasteiger partial charge in [-0.15, -0.1) is 0 Å². The van der Waals surface area contributed by atoms with Crippen molar-refractivity contribution in [3.63, 3.8) is 0 Å². The van der Waals surface area contributed by atoms with Crippen LogP contribution in [0.3, 0.4) is 0 Å². The Morgan fingerprint density at radius 3 is 1.26 bits per heavy atom. The predicted octanol–water partition coefficient (Wildman–Crippen LogP) is 7.69. The molecule has 0 saturated heterocycles. The number of fused-ring (bicyclic) bond motifs is 2. The summed E-state index contributed by atoms with van der Waals surface area (Å²) in [6, 6.07) is 40.9. The lowest BCUT2D eigenvalue weighted by Gasteiger charge is -2.06. The quantitative estimate of drug-likeness (QED) is 0.108. The molecule has 0 saturated carbocycles. The topological polar surface area (TPSA) is 41.3 Å². The molecular weight excluding hydrogens is 661 g/mol. The Morgan fingerprint density at radius 2 is 0.815 bits per heavy atom. The summed E-state index contributed by atoms with van der Waals surface area (Å²) in [4.78, 5) is 10.0. The molecule has 0 aliphatic heterocycles. The molecule has 6 nitrogen and oxygen atoms in total. The molecule has 0 N–H and O–H groups in total. The highest BCUT2D eigenvalue weighted by Gasteiger charge is 2.12. The van der Waals surface area contributed by atoms with E-state index < -0.39 is 0 Å². The Morgan fingerprint density at radius 1 is 0.389 bits per heavy atom. The molecule has 8 aromatic rings. The fraction of sp³-hybridized carbons (Fsp3) is 0.125. The normalized spacial score (nSPS) is 12.6. The third kappa shape index (κ3) is 7.74. The predicted molar refractivity (Wildman–Crippen MR) is 212 cm³/mol. The zero-order chi connectivity index (χ0) is 36.1. The number of hydrogen-bond donors (Lipinski definition) is 0. The lowest BCUT2D eigenvalue weighted by molar-refractivity contribution is -0.688. The summed E-state index contributed by atoms with van der Waals surface area (Å²) < 4.78 is 8.87. The van der Waals surface area contributed by atoms with Crippen LogP contribution >= 0.6 is 0 Å². The van der Waals surface area contributed by atoms with Crippen molar-refractivity contribution in [2.45, 2.75) is 39.0 Å². The first-order chi connectivity index (χ1) is 26.7. The lowest BCUT2D eigenvalue weighted by atomic mass is 10.1. The van der Waals surface area contributed by atoms with Gasteiger partial charge in [0.15, 0.2) is 75.8 Å². The van der Waals surface area contributed by atoms with Crippen LogP contribution in [0.2, 0.25) is 0 Å². The van der Waals surface area contributed by atoms with E-state index in [1.165, 1.54) is 44.5 Å². The third-order valence-corrected chi connectivity index (χ3v) is 10.2. The molecule has 3 aromatic carbocycles. The first-order valence-corrected chi connectivity index (χ1v) is 18.7. The molecule has 1 aliphatic rings. The van der Waals surface area contributed by atoms with Crippen molar-refractivity contribution in [1.82, 2.24) is 9.97 Å². The lowest BCUT2D eigenvalue weighted by Crippen LogP contribution is -2.33. The van der Waals surface area contributed by atoms with E-state index in [0.717, 1.165) is 61.1 Å². The first kappa shape index (κ1) is 33.2. The standard InChI is InChI=1S/C48H42N6/c1-3-7-37(8-4-1)33-51-23-15-41(16-24-51)43-19-27-53(28-20-43)35-39-11-13-45-47(31-39)50-48-32-40(12-14-46(48)49-45)36-54-29-21-44(22-30-54)42-17-25-52(26-18-42)34-38-9-5-2-6-10-38/h1,3-5,7-32H,2,6,33-36H2/q+4. The van der Waals surface area contributed by atoms with Gasteiger partial charge in [0, 0.05) is 70.8 Å². The minimum atomic E-state index is 0.757. The van der Waals surface area contributed by atoms with Crippen molar-refractivity contribution < 1.29 is 18.3 Å².